The Morgan fingerprint density at radius 3 is 2.11 bits per heavy atom. The van der Waals surface area contributed by atoms with Gasteiger partial charge in [0.1, 0.15) is 14.7 Å². The van der Waals surface area contributed by atoms with Crippen molar-refractivity contribution in [2.24, 2.45) is 0 Å². The molecule has 7 nitrogen and oxygen atoms in total. The summed E-state index contributed by atoms with van der Waals surface area (Å²) in [7, 11) is -1.42. The highest BCUT2D eigenvalue weighted by Gasteiger charge is 2.08. The molecule has 0 aromatic heterocycles. The molecule has 0 radical (unpaired) electrons. The SMILES string of the molecule is C[Si](C)(C)C#Cc1ccc(NC(=O)OCc2ccc(NC(=O)NO)cc2)cc1. The highest BCUT2D eigenvalue weighted by molar-refractivity contribution is 6.83. The normalized spacial score (nSPS) is 10.3. The molecule has 0 aliphatic heterocycles. The van der Waals surface area contributed by atoms with E-state index in [1.807, 2.05) is 12.1 Å². The summed E-state index contributed by atoms with van der Waals surface area (Å²) in [5.41, 5.74) is 7.55. The number of hydroxylamine groups is 1. The van der Waals surface area contributed by atoms with E-state index in [4.69, 9.17) is 9.94 Å². The van der Waals surface area contributed by atoms with Gasteiger partial charge in [0, 0.05) is 16.9 Å². The molecule has 0 saturated heterocycles. The van der Waals surface area contributed by atoms with Gasteiger partial charge in [-0.05, 0) is 42.0 Å². The Bertz CT molecular complexity index is 879. The number of urea groups is 1. The van der Waals surface area contributed by atoms with Crippen molar-refractivity contribution in [1.82, 2.24) is 5.48 Å². The van der Waals surface area contributed by atoms with Crippen LogP contribution in [-0.2, 0) is 11.3 Å². The van der Waals surface area contributed by atoms with Gasteiger partial charge >= 0.3 is 12.1 Å². The summed E-state index contributed by atoms with van der Waals surface area (Å²) in [6, 6.07) is 13.2. The number of carbonyl (C=O) groups excluding carboxylic acids is 2. The van der Waals surface area contributed by atoms with Gasteiger partial charge in [-0.3, -0.25) is 10.5 Å². The molecule has 2 aromatic rings. The van der Waals surface area contributed by atoms with Crippen LogP contribution < -0.4 is 16.1 Å². The smallest absolute Gasteiger partial charge is 0.411 e. The van der Waals surface area contributed by atoms with E-state index in [0.29, 0.717) is 11.4 Å². The summed E-state index contributed by atoms with van der Waals surface area (Å²) in [4.78, 5) is 22.9. The molecule has 0 aliphatic rings. The number of hydrogen-bond acceptors (Lipinski definition) is 4. The van der Waals surface area contributed by atoms with Crippen LogP contribution in [0.4, 0.5) is 21.0 Å². The molecular weight excluding hydrogens is 374 g/mol. The van der Waals surface area contributed by atoms with Crippen LogP contribution >= 0.6 is 0 Å². The summed E-state index contributed by atoms with van der Waals surface area (Å²) >= 11 is 0. The Labute approximate surface area is 165 Å². The lowest BCUT2D eigenvalue weighted by Gasteiger charge is -2.08. The van der Waals surface area contributed by atoms with Crippen molar-refractivity contribution in [2.45, 2.75) is 26.2 Å². The standard InChI is InChI=1S/C20H23N3O4Si/c1-28(2,3)13-12-15-4-8-18(9-5-15)22-20(25)27-14-16-6-10-17(11-7-16)21-19(24)23-26/h4-11,26H,14H2,1-3H3,(H,22,25)(H2,21,23,24). The second kappa shape index (κ2) is 9.59. The second-order valence-electron chi connectivity index (χ2n) is 7.04. The third kappa shape index (κ3) is 7.53. The van der Waals surface area contributed by atoms with Crippen molar-refractivity contribution in [3.63, 3.8) is 0 Å². The van der Waals surface area contributed by atoms with Gasteiger partial charge in [-0.2, -0.15) is 0 Å². The Hall–Kier alpha value is -3.28. The van der Waals surface area contributed by atoms with Gasteiger partial charge in [-0.25, -0.2) is 15.1 Å². The van der Waals surface area contributed by atoms with Crippen molar-refractivity contribution in [3.05, 3.63) is 59.7 Å². The van der Waals surface area contributed by atoms with Crippen molar-refractivity contribution in [1.29, 1.82) is 0 Å². The first kappa shape index (κ1) is 21.0. The highest BCUT2D eigenvalue weighted by atomic mass is 28.3. The summed E-state index contributed by atoms with van der Waals surface area (Å²) in [6.45, 7) is 6.63. The number of nitrogens with one attached hydrogen (secondary N) is 3. The minimum Gasteiger partial charge on any atom is -0.444 e. The lowest BCUT2D eigenvalue weighted by atomic mass is 10.2. The van der Waals surface area contributed by atoms with Gasteiger partial charge in [0.15, 0.2) is 0 Å². The minimum atomic E-state index is -1.42. The Kier molecular flexibility index (Phi) is 7.20. The number of carbonyl (C=O) groups is 2. The lowest BCUT2D eigenvalue weighted by Crippen LogP contribution is -2.24. The van der Waals surface area contributed by atoms with Gasteiger partial charge < -0.3 is 10.1 Å². The van der Waals surface area contributed by atoms with Crippen LogP contribution in [0.5, 0.6) is 0 Å². The molecule has 146 valence electrons. The first-order valence-electron chi connectivity index (χ1n) is 8.62. The van der Waals surface area contributed by atoms with Crippen molar-refractivity contribution < 1.29 is 19.5 Å². The molecule has 0 spiro atoms. The van der Waals surface area contributed by atoms with E-state index in [9.17, 15) is 9.59 Å². The molecule has 0 saturated carbocycles. The molecule has 2 aromatic carbocycles. The third-order valence-corrected chi connectivity index (χ3v) is 4.27. The maximum absolute atomic E-state index is 11.9. The van der Waals surface area contributed by atoms with E-state index in [1.165, 1.54) is 5.48 Å². The van der Waals surface area contributed by atoms with Crippen molar-refractivity contribution >= 4 is 31.6 Å². The first-order valence-corrected chi connectivity index (χ1v) is 12.1. The second-order valence-corrected chi connectivity index (χ2v) is 11.8. The zero-order valence-corrected chi connectivity index (χ0v) is 17.0. The van der Waals surface area contributed by atoms with Gasteiger partial charge in [0.25, 0.3) is 0 Å². The summed E-state index contributed by atoms with van der Waals surface area (Å²) < 4.78 is 5.18. The van der Waals surface area contributed by atoms with Crippen molar-refractivity contribution in [2.75, 3.05) is 10.6 Å². The molecule has 3 amide bonds. The predicted molar refractivity (Wildman–Crippen MR) is 111 cm³/mol. The van der Waals surface area contributed by atoms with Gasteiger partial charge in [0.05, 0.1) is 0 Å². The Balaban J connectivity index is 1.83. The maximum Gasteiger partial charge on any atom is 0.411 e. The number of amides is 3. The largest absolute Gasteiger partial charge is 0.444 e. The molecule has 2 rings (SSSR count). The quantitative estimate of drug-likeness (QED) is 0.269. The van der Waals surface area contributed by atoms with Gasteiger partial charge in [-0.1, -0.05) is 37.7 Å². The molecule has 0 atom stereocenters. The zero-order valence-electron chi connectivity index (χ0n) is 16.0. The molecule has 4 N–H and O–H groups in total. The van der Waals surface area contributed by atoms with E-state index < -0.39 is 20.2 Å². The predicted octanol–water partition coefficient (Wildman–Crippen LogP) is 4.17. The number of ether oxygens (including phenoxy) is 1. The number of rotatable bonds is 4. The van der Waals surface area contributed by atoms with E-state index in [-0.39, 0.29) is 6.61 Å². The molecule has 0 fully saturated rings. The van der Waals surface area contributed by atoms with Crippen LogP contribution in [0.1, 0.15) is 11.1 Å². The fourth-order valence-electron chi connectivity index (χ4n) is 2.04. The fourth-order valence-corrected chi connectivity index (χ4v) is 2.56. The van der Waals surface area contributed by atoms with Crippen LogP contribution in [0, 0.1) is 11.5 Å². The van der Waals surface area contributed by atoms with E-state index >= 15 is 0 Å². The van der Waals surface area contributed by atoms with Crippen LogP contribution in [0.25, 0.3) is 0 Å². The number of hydrogen-bond donors (Lipinski definition) is 4. The molecule has 28 heavy (non-hydrogen) atoms. The van der Waals surface area contributed by atoms with Crippen LogP contribution in [0.15, 0.2) is 48.5 Å². The summed E-state index contributed by atoms with van der Waals surface area (Å²) in [5, 5.41) is 13.5. The molecule has 0 unspecified atom stereocenters. The molecule has 8 heteroatoms. The van der Waals surface area contributed by atoms with Crippen LogP contribution in [0.3, 0.4) is 0 Å². The van der Waals surface area contributed by atoms with E-state index in [2.05, 4.69) is 41.7 Å². The fraction of sp³-hybridized carbons (Fsp3) is 0.200. The van der Waals surface area contributed by atoms with E-state index in [0.717, 1.165) is 11.1 Å². The number of anilines is 2. The van der Waals surface area contributed by atoms with Gasteiger partial charge in [-0.15, -0.1) is 5.54 Å². The monoisotopic (exact) mass is 397 g/mol. The third-order valence-electron chi connectivity index (χ3n) is 3.40. The maximum atomic E-state index is 11.9. The molecule has 0 heterocycles. The summed E-state index contributed by atoms with van der Waals surface area (Å²) in [5.74, 6) is 3.16. The highest BCUT2D eigenvalue weighted by Crippen LogP contribution is 2.12. The summed E-state index contributed by atoms with van der Waals surface area (Å²) in [6.07, 6.45) is -0.567. The Morgan fingerprint density at radius 1 is 0.964 bits per heavy atom. The lowest BCUT2D eigenvalue weighted by molar-refractivity contribution is 0.155. The zero-order chi connectivity index (χ0) is 20.6. The van der Waals surface area contributed by atoms with Crippen LogP contribution in [0.2, 0.25) is 19.6 Å². The van der Waals surface area contributed by atoms with Gasteiger partial charge in [0.2, 0.25) is 0 Å². The van der Waals surface area contributed by atoms with Crippen LogP contribution in [-0.4, -0.2) is 25.4 Å². The Morgan fingerprint density at radius 2 is 1.54 bits per heavy atom. The molecule has 0 bridgehead atoms. The van der Waals surface area contributed by atoms with E-state index in [1.54, 1.807) is 36.4 Å². The average Bonchev–Trinajstić information content (AvgIpc) is 2.66. The molecule has 0 aliphatic carbocycles. The first-order chi connectivity index (χ1) is 13.2. The topological polar surface area (TPSA) is 99.7 Å². The minimum absolute atomic E-state index is 0.0814. The average molecular weight is 398 g/mol. The van der Waals surface area contributed by atoms with Crippen molar-refractivity contribution in [3.8, 4) is 11.5 Å². The number of benzene rings is 2. The molecular formula is C20H23N3O4Si.